The molecule has 10 rings (SSSR count). The quantitative estimate of drug-likeness (QED) is 0.109. The number of fused-ring (bicyclic) bond motifs is 6. The lowest BCUT2D eigenvalue weighted by atomic mass is 9.94. The molecule has 0 radical (unpaired) electrons. The fraction of sp³-hybridized carbons (Fsp3) is 0.333. The Kier molecular flexibility index (Phi) is 12.1. The Balaban J connectivity index is 0.977. The lowest BCUT2D eigenvalue weighted by Gasteiger charge is -2.17. The predicted octanol–water partition coefficient (Wildman–Crippen LogP) is 13.8. The lowest BCUT2D eigenvalue weighted by Crippen LogP contribution is -2.11. The molecule has 9 heteroatoms. The smallest absolute Gasteiger partial charge is 0.165 e. The van der Waals surface area contributed by atoms with E-state index >= 15 is 0 Å². The van der Waals surface area contributed by atoms with Crippen LogP contribution in [0.15, 0.2) is 84.9 Å². The van der Waals surface area contributed by atoms with Gasteiger partial charge in [-0.15, -0.1) is 0 Å². The zero-order valence-corrected chi connectivity index (χ0v) is 42.7. The Hall–Kier alpha value is -6.84. The van der Waals surface area contributed by atoms with Gasteiger partial charge in [0.1, 0.15) is 11.3 Å². The van der Waals surface area contributed by atoms with E-state index < -0.39 is 0 Å². The summed E-state index contributed by atoms with van der Waals surface area (Å²) in [5.41, 5.74) is 27.7. The van der Waals surface area contributed by atoms with Crippen LogP contribution in [-0.2, 0) is 43.9 Å². The molecular formula is C60H66N8O. The van der Waals surface area contributed by atoms with Crippen LogP contribution in [0.3, 0.4) is 0 Å². The van der Waals surface area contributed by atoms with Gasteiger partial charge in [-0.3, -0.25) is 0 Å². The normalized spacial score (nSPS) is 12.0. The summed E-state index contributed by atoms with van der Waals surface area (Å²) in [6, 6.07) is 31.3. The molecule has 352 valence electrons. The van der Waals surface area contributed by atoms with Crippen molar-refractivity contribution in [3.05, 3.63) is 175 Å². The van der Waals surface area contributed by atoms with Crippen molar-refractivity contribution in [3.63, 3.8) is 0 Å². The highest BCUT2D eigenvalue weighted by atomic mass is 16.5. The topological polar surface area (TPSA) is 79.5 Å². The number of hydrogen-bond acceptors (Lipinski definition) is 5. The van der Waals surface area contributed by atoms with Crippen molar-refractivity contribution in [1.29, 1.82) is 0 Å². The van der Waals surface area contributed by atoms with E-state index in [0.717, 1.165) is 92.9 Å². The summed E-state index contributed by atoms with van der Waals surface area (Å²) in [4.78, 5) is 10.5. The third-order valence-electron chi connectivity index (χ3n) is 14.4. The summed E-state index contributed by atoms with van der Waals surface area (Å²) in [7, 11) is 0. The molecule has 0 aliphatic heterocycles. The zero-order chi connectivity index (χ0) is 48.4. The van der Waals surface area contributed by atoms with Crippen LogP contribution in [0.25, 0.3) is 55.6 Å². The zero-order valence-electron chi connectivity index (χ0n) is 42.7. The van der Waals surface area contributed by atoms with Gasteiger partial charge in [0.15, 0.2) is 11.3 Å². The van der Waals surface area contributed by atoms with E-state index in [2.05, 4.69) is 186 Å². The monoisotopic (exact) mass is 915 g/mol. The van der Waals surface area contributed by atoms with Crippen molar-refractivity contribution in [2.75, 3.05) is 0 Å². The van der Waals surface area contributed by atoms with Crippen molar-refractivity contribution in [2.24, 2.45) is 0 Å². The van der Waals surface area contributed by atoms with Crippen molar-refractivity contribution in [1.82, 2.24) is 38.3 Å². The van der Waals surface area contributed by atoms with Gasteiger partial charge in [0.05, 0.1) is 47.1 Å². The van der Waals surface area contributed by atoms with Crippen LogP contribution in [0.1, 0.15) is 116 Å². The molecule has 9 nitrogen and oxygen atoms in total. The molecular weight excluding hydrogens is 849 g/mol. The minimum Gasteiger partial charge on any atom is -0.372 e. The molecule has 0 N–H and O–H groups in total. The summed E-state index contributed by atoms with van der Waals surface area (Å²) in [6.07, 6.45) is 3.99. The molecule has 0 saturated heterocycles. The van der Waals surface area contributed by atoms with Gasteiger partial charge in [-0.2, -0.15) is 19.2 Å². The van der Waals surface area contributed by atoms with E-state index in [0.29, 0.717) is 26.3 Å². The summed E-state index contributed by atoms with van der Waals surface area (Å²) in [5.74, 6) is 0. The van der Waals surface area contributed by atoms with Gasteiger partial charge in [0, 0.05) is 35.2 Å². The van der Waals surface area contributed by atoms with E-state index in [9.17, 15) is 0 Å². The molecule has 10 aromatic rings. The van der Waals surface area contributed by atoms with Crippen LogP contribution in [0.2, 0.25) is 0 Å². The highest BCUT2D eigenvalue weighted by molar-refractivity contribution is 5.91. The average Bonchev–Trinajstić information content (AvgIpc) is 4.03. The van der Waals surface area contributed by atoms with Crippen LogP contribution in [0.4, 0.5) is 0 Å². The molecule has 0 amide bonds. The van der Waals surface area contributed by atoms with Gasteiger partial charge in [0.25, 0.3) is 0 Å². The Morgan fingerprint density at radius 1 is 0.435 bits per heavy atom. The fourth-order valence-corrected chi connectivity index (χ4v) is 11.5. The number of benzene rings is 4. The first-order valence-corrected chi connectivity index (χ1v) is 24.9. The Bertz CT molecular complexity index is 3350. The maximum absolute atomic E-state index is 6.76. The highest BCUT2D eigenvalue weighted by Crippen LogP contribution is 2.38. The third kappa shape index (κ3) is 8.04. The largest absolute Gasteiger partial charge is 0.372 e. The molecule has 0 aliphatic carbocycles. The van der Waals surface area contributed by atoms with E-state index in [-0.39, 0.29) is 0 Å². The number of nitrogens with zero attached hydrogens (tertiary/aromatic N) is 8. The van der Waals surface area contributed by atoms with E-state index in [4.69, 9.17) is 24.9 Å². The van der Waals surface area contributed by atoms with Crippen LogP contribution >= 0.6 is 0 Å². The second-order valence-corrected chi connectivity index (χ2v) is 19.8. The lowest BCUT2D eigenvalue weighted by molar-refractivity contribution is 0.106. The fourth-order valence-electron chi connectivity index (χ4n) is 11.5. The SMILES string of the molecule is CCCc1cc2c(C)nc3c(-c4c(C)cc(C)cc4C)c(C)nn3c2n1Cc1ccccc1COCc1ccccc1Cn1c(CCC)cc2c(C)nc3c(-c4c(C)cc(C)cc4C)c(C)nn3c21. The molecule has 69 heavy (non-hydrogen) atoms. The number of ether oxygens (including phenoxy) is 1. The minimum atomic E-state index is 0.492. The van der Waals surface area contributed by atoms with Crippen molar-refractivity contribution >= 4 is 33.4 Å². The van der Waals surface area contributed by atoms with E-state index in [1.807, 2.05) is 0 Å². The van der Waals surface area contributed by atoms with Gasteiger partial charge in [-0.1, -0.05) is 111 Å². The van der Waals surface area contributed by atoms with Gasteiger partial charge in [0.2, 0.25) is 0 Å². The number of aromatic nitrogens is 8. The van der Waals surface area contributed by atoms with E-state index in [1.54, 1.807) is 0 Å². The first kappa shape index (κ1) is 45.9. The molecule has 0 aliphatic rings. The van der Waals surface area contributed by atoms with E-state index in [1.165, 1.54) is 78.1 Å². The van der Waals surface area contributed by atoms with Gasteiger partial charge in [-0.25, -0.2) is 9.97 Å². The van der Waals surface area contributed by atoms with Crippen LogP contribution in [0, 0.1) is 69.2 Å². The summed E-state index contributed by atoms with van der Waals surface area (Å²) in [6.45, 7) is 28.6. The second kappa shape index (κ2) is 18.2. The minimum absolute atomic E-state index is 0.492. The van der Waals surface area contributed by atoms with Gasteiger partial charge < -0.3 is 13.9 Å². The average molecular weight is 915 g/mol. The first-order chi connectivity index (χ1) is 33.3. The predicted molar refractivity (Wildman–Crippen MR) is 283 cm³/mol. The van der Waals surface area contributed by atoms with Crippen molar-refractivity contribution < 1.29 is 4.74 Å². The molecule has 6 aromatic heterocycles. The number of aryl methyl sites for hydroxylation is 12. The molecule has 0 fully saturated rings. The Labute approximate surface area is 406 Å². The maximum atomic E-state index is 6.76. The number of hydrogen-bond donors (Lipinski definition) is 0. The Morgan fingerprint density at radius 2 is 0.797 bits per heavy atom. The third-order valence-corrected chi connectivity index (χ3v) is 14.4. The van der Waals surface area contributed by atoms with Crippen LogP contribution < -0.4 is 0 Å². The molecule has 0 bridgehead atoms. The summed E-state index contributed by atoms with van der Waals surface area (Å²) < 4.78 is 15.9. The van der Waals surface area contributed by atoms with Crippen LogP contribution in [-0.4, -0.2) is 38.3 Å². The van der Waals surface area contributed by atoms with Crippen LogP contribution in [0.5, 0.6) is 0 Å². The van der Waals surface area contributed by atoms with Gasteiger partial charge >= 0.3 is 0 Å². The highest BCUT2D eigenvalue weighted by Gasteiger charge is 2.25. The second-order valence-electron chi connectivity index (χ2n) is 19.8. The number of rotatable bonds is 14. The molecule has 0 spiro atoms. The summed E-state index contributed by atoms with van der Waals surface area (Å²) in [5, 5.41) is 12.8. The molecule has 0 atom stereocenters. The molecule has 4 aromatic carbocycles. The summed E-state index contributed by atoms with van der Waals surface area (Å²) >= 11 is 0. The van der Waals surface area contributed by atoms with Crippen molar-refractivity contribution in [3.8, 4) is 22.3 Å². The van der Waals surface area contributed by atoms with Gasteiger partial charge in [-0.05, 0) is 150 Å². The molecule has 6 heterocycles. The molecule has 0 unspecified atom stereocenters. The first-order valence-electron chi connectivity index (χ1n) is 24.9. The van der Waals surface area contributed by atoms with Crippen molar-refractivity contribution in [2.45, 2.75) is 135 Å². The maximum Gasteiger partial charge on any atom is 0.165 e. The Morgan fingerprint density at radius 3 is 1.16 bits per heavy atom. The molecule has 0 saturated carbocycles. The standard InChI is InChI=1S/C60H66N8O/c1-13-19-49-29-51-41(9)61-57-55(53-37(5)25-35(3)26-38(53)6)43(11)63-67(57)59(51)65(49)31-45-21-15-17-23-47(45)33-69-34-48-24-18-16-22-46(48)32-66-50(20-14-2)30-52-42(10)62-58-56(44(12)64-68(58)60(52)66)54-39(7)27-36(4)28-40(54)8/h15-18,21-30H,13-14,19-20,31-34H2,1-12H3.